The fourth-order valence-electron chi connectivity index (χ4n) is 4.10. The molecular weight excluding hydrogens is 358 g/mol. The lowest BCUT2D eigenvalue weighted by atomic mass is 10.0. The zero-order valence-corrected chi connectivity index (χ0v) is 15.8. The standard InChI is InChI=1S/C20H21N5O3/c1-23-12-16(17(28-2)5-19(23)26)20(27)25-10-14-8-24(9-15(14)11-25)18-4-3-13(6-21)7-22-18/h3-5,7,12,14-15H,8-11H2,1-2H3. The summed E-state index contributed by atoms with van der Waals surface area (Å²) >= 11 is 0. The topological polar surface area (TPSA) is 91.5 Å². The third kappa shape index (κ3) is 3.09. The molecule has 0 aromatic carbocycles. The van der Waals surface area contributed by atoms with Crippen molar-refractivity contribution in [1.29, 1.82) is 5.26 Å². The van der Waals surface area contributed by atoms with E-state index in [4.69, 9.17) is 10.00 Å². The molecule has 2 saturated heterocycles. The van der Waals surface area contributed by atoms with Gasteiger partial charge in [-0.3, -0.25) is 9.59 Å². The molecule has 4 heterocycles. The SMILES string of the molecule is COc1cc(=O)n(C)cc1C(=O)N1CC2CN(c3ccc(C#N)cn3)CC2C1. The Morgan fingerprint density at radius 2 is 1.96 bits per heavy atom. The summed E-state index contributed by atoms with van der Waals surface area (Å²) in [5.74, 6) is 1.82. The van der Waals surface area contributed by atoms with Crippen LogP contribution in [0.4, 0.5) is 5.82 Å². The van der Waals surface area contributed by atoms with Gasteiger partial charge in [-0.1, -0.05) is 0 Å². The van der Waals surface area contributed by atoms with Crippen molar-refractivity contribution >= 4 is 11.7 Å². The summed E-state index contributed by atoms with van der Waals surface area (Å²) in [6, 6.07) is 7.08. The van der Waals surface area contributed by atoms with Crippen molar-refractivity contribution in [1.82, 2.24) is 14.5 Å². The predicted molar refractivity (Wildman–Crippen MR) is 102 cm³/mol. The van der Waals surface area contributed by atoms with E-state index in [1.54, 1.807) is 25.5 Å². The molecule has 2 fully saturated rings. The molecule has 2 aliphatic rings. The number of aryl methyl sites for hydroxylation is 1. The number of amides is 1. The quantitative estimate of drug-likeness (QED) is 0.786. The fourth-order valence-corrected chi connectivity index (χ4v) is 4.10. The number of nitrogens with zero attached hydrogens (tertiary/aromatic N) is 5. The number of rotatable bonds is 3. The number of pyridine rings is 2. The maximum Gasteiger partial charge on any atom is 0.259 e. The Morgan fingerprint density at radius 3 is 2.54 bits per heavy atom. The first kappa shape index (κ1) is 18.0. The highest BCUT2D eigenvalue weighted by Crippen LogP contribution is 2.34. The van der Waals surface area contributed by atoms with E-state index in [1.807, 2.05) is 11.0 Å². The van der Waals surface area contributed by atoms with E-state index in [2.05, 4.69) is 16.0 Å². The molecule has 0 saturated carbocycles. The van der Waals surface area contributed by atoms with Gasteiger partial charge in [0.1, 0.15) is 17.6 Å². The van der Waals surface area contributed by atoms with Crippen molar-refractivity contribution in [3.63, 3.8) is 0 Å². The summed E-state index contributed by atoms with van der Waals surface area (Å²) in [6.07, 6.45) is 3.13. The summed E-state index contributed by atoms with van der Waals surface area (Å²) < 4.78 is 6.64. The fraction of sp³-hybridized carbons (Fsp3) is 0.400. The van der Waals surface area contributed by atoms with E-state index >= 15 is 0 Å². The van der Waals surface area contributed by atoms with Crippen molar-refractivity contribution in [3.05, 3.63) is 52.1 Å². The highest BCUT2D eigenvalue weighted by Gasteiger charge is 2.42. The normalized spacial score (nSPS) is 20.8. The van der Waals surface area contributed by atoms with Gasteiger partial charge >= 0.3 is 0 Å². The Kier molecular flexibility index (Phi) is 4.51. The predicted octanol–water partition coefficient (Wildman–Crippen LogP) is 0.869. The van der Waals surface area contributed by atoms with E-state index < -0.39 is 0 Å². The van der Waals surface area contributed by atoms with Crippen molar-refractivity contribution in [3.8, 4) is 11.8 Å². The number of carbonyl (C=O) groups is 1. The van der Waals surface area contributed by atoms with E-state index in [0.29, 0.717) is 41.8 Å². The van der Waals surface area contributed by atoms with Crippen molar-refractivity contribution < 1.29 is 9.53 Å². The summed E-state index contributed by atoms with van der Waals surface area (Å²) in [5, 5.41) is 8.90. The molecule has 0 aliphatic carbocycles. The number of hydrogen-bond donors (Lipinski definition) is 0. The zero-order valence-electron chi connectivity index (χ0n) is 15.8. The van der Waals surface area contributed by atoms with E-state index in [0.717, 1.165) is 18.9 Å². The third-order valence-electron chi connectivity index (χ3n) is 5.62. The first-order valence-corrected chi connectivity index (χ1v) is 9.15. The van der Waals surface area contributed by atoms with E-state index in [9.17, 15) is 9.59 Å². The van der Waals surface area contributed by atoms with Crippen LogP contribution in [0.3, 0.4) is 0 Å². The third-order valence-corrected chi connectivity index (χ3v) is 5.62. The molecule has 8 heteroatoms. The van der Waals surface area contributed by atoms with E-state index in [-0.39, 0.29) is 11.5 Å². The molecule has 28 heavy (non-hydrogen) atoms. The average molecular weight is 379 g/mol. The van der Waals surface area contributed by atoms with Gasteiger partial charge in [-0.05, 0) is 12.1 Å². The summed E-state index contributed by atoms with van der Waals surface area (Å²) in [5.41, 5.74) is 0.749. The molecule has 2 atom stereocenters. The Labute approximate surface area is 162 Å². The second kappa shape index (κ2) is 7.00. The Morgan fingerprint density at radius 1 is 1.25 bits per heavy atom. The Bertz CT molecular complexity index is 994. The highest BCUT2D eigenvalue weighted by molar-refractivity contribution is 5.96. The van der Waals surface area contributed by atoms with Gasteiger partial charge in [0.25, 0.3) is 11.5 Å². The molecule has 144 valence electrons. The van der Waals surface area contributed by atoms with Crippen LogP contribution >= 0.6 is 0 Å². The number of carbonyl (C=O) groups excluding carboxylic acids is 1. The number of methoxy groups -OCH3 is 1. The number of fused-ring (bicyclic) bond motifs is 1. The lowest BCUT2D eigenvalue weighted by molar-refractivity contribution is 0.0778. The smallest absolute Gasteiger partial charge is 0.259 e. The molecule has 2 aliphatic heterocycles. The Hall–Kier alpha value is -3.34. The van der Waals surface area contributed by atoms with Crippen molar-refractivity contribution in [2.24, 2.45) is 18.9 Å². The molecule has 0 bridgehead atoms. The van der Waals surface area contributed by atoms with Crippen LogP contribution in [-0.4, -0.2) is 53.6 Å². The molecule has 0 spiro atoms. The lowest BCUT2D eigenvalue weighted by Crippen LogP contribution is -2.34. The summed E-state index contributed by atoms with van der Waals surface area (Å²) in [7, 11) is 3.09. The second-order valence-corrected chi connectivity index (χ2v) is 7.36. The van der Waals surface area contributed by atoms with Crippen LogP contribution in [0.5, 0.6) is 5.75 Å². The summed E-state index contributed by atoms with van der Waals surface area (Å²) in [4.78, 5) is 33.2. The molecule has 1 amide bonds. The van der Waals surface area contributed by atoms with Gasteiger partial charge in [0.05, 0.1) is 18.2 Å². The van der Waals surface area contributed by atoms with Gasteiger partial charge < -0.3 is 19.1 Å². The molecular formula is C20H21N5O3. The van der Waals surface area contributed by atoms with Gasteiger partial charge in [0.15, 0.2) is 0 Å². The molecule has 2 unspecified atom stereocenters. The first-order chi connectivity index (χ1) is 13.5. The first-order valence-electron chi connectivity index (χ1n) is 9.15. The van der Waals surface area contributed by atoms with E-state index in [1.165, 1.54) is 17.7 Å². The molecule has 2 aromatic rings. The van der Waals surface area contributed by atoms with Crippen LogP contribution in [0, 0.1) is 23.2 Å². The number of likely N-dealkylation sites (tertiary alicyclic amines) is 1. The Balaban J connectivity index is 1.46. The molecule has 0 N–H and O–H groups in total. The molecule has 2 aromatic heterocycles. The van der Waals surface area contributed by atoms with Gasteiger partial charge in [0.2, 0.25) is 0 Å². The number of aromatic nitrogens is 2. The highest BCUT2D eigenvalue weighted by atomic mass is 16.5. The minimum atomic E-state index is -0.211. The van der Waals surface area contributed by atoms with Gasteiger partial charge in [-0.15, -0.1) is 0 Å². The summed E-state index contributed by atoms with van der Waals surface area (Å²) in [6.45, 7) is 3.00. The average Bonchev–Trinajstić information content (AvgIpc) is 3.28. The lowest BCUT2D eigenvalue weighted by Gasteiger charge is -2.23. The molecule has 4 rings (SSSR count). The maximum absolute atomic E-state index is 13.0. The van der Waals surface area contributed by atoms with Crippen molar-refractivity contribution in [2.45, 2.75) is 0 Å². The minimum absolute atomic E-state index is 0.107. The number of nitriles is 1. The van der Waals surface area contributed by atoms with Gasteiger partial charge in [0, 0.05) is 63.5 Å². The van der Waals surface area contributed by atoms with Crippen LogP contribution in [0.25, 0.3) is 0 Å². The second-order valence-electron chi connectivity index (χ2n) is 7.36. The van der Waals surface area contributed by atoms with Crippen molar-refractivity contribution in [2.75, 3.05) is 38.2 Å². The minimum Gasteiger partial charge on any atom is -0.496 e. The van der Waals surface area contributed by atoms with Crippen LogP contribution in [0.15, 0.2) is 35.4 Å². The van der Waals surface area contributed by atoms with Crippen LogP contribution in [0.1, 0.15) is 15.9 Å². The number of ether oxygens (including phenoxy) is 1. The monoisotopic (exact) mass is 379 g/mol. The largest absolute Gasteiger partial charge is 0.496 e. The van der Waals surface area contributed by atoms with Gasteiger partial charge in [-0.25, -0.2) is 4.98 Å². The van der Waals surface area contributed by atoms with Crippen LogP contribution in [0.2, 0.25) is 0 Å². The van der Waals surface area contributed by atoms with Crippen LogP contribution in [-0.2, 0) is 7.05 Å². The van der Waals surface area contributed by atoms with Crippen LogP contribution < -0.4 is 15.2 Å². The number of hydrogen-bond acceptors (Lipinski definition) is 6. The molecule has 0 radical (unpaired) electrons. The number of anilines is 1. The zero-order chi connectivity index (χ0) is 19.8. The maximum atomic E-state index is 13.0. The van der Waals surface area contributed by atoms with Gasteiger partial charge in [-0.2, -0.15) is 5.26 Å². The molecule has 8 nitrogen and oxygen atoms in total.